The van der Waals surface area contributed by atoms with Crippen molar-refractivity contribution in [2.45, 2.75) is 31.9 Å². The quantitative estimate of drug-likeness (QED) is 0.602. The van der Waals surface area contributed by atoms with E-state index in [9.17, 15) is 0 Å². The van der Waals surface area contributed by atoms with Crippen LogP contribution in [0.15, 0.2) is 0 Å². The van der Waals surface area contributed by atoms with Gasteiger partial charge < -0.3 is 15.2 Å². The number of aliphatic hydroxyl groups is 1. The summed E-state index contributed by atoms with van der Waals surface area (Å²) in [7, 11) is 0. The zero-order chi connectivity index (χ0) is 8.32. The molecule has 11 heavy (non-hydrogen) atoms. The van der Waals surface area contributed by atoms with E-state index in [-0.39, 0.29) is 12.2 Å². The van der Waals surface area contributed by atoms with Crippen molar-refractivity contribution in [3.8, 4) is 0 Å². The average molecular weight is 159 g/mol. The fourth-order valence-corrected chi connectivity index (χ4v) is 1.17. The maximum atomic E-state index is 8.65. The Morgan fingerprint density at radius 3 is 2.82 bits per heavy atom. The smallest absolute Gasteiger partial charge is 0.0751 e. The van der Waals surface area contributed by atoms with E-state index in [0.717, 1.165) is 13.0 Å². The lowest BCUT2D eigenvalue weighted by molar-refractivity contribution is -0.0609. The standard InChI is InChI=1S/C8H17NO2/c1-8(2)6-9-7(3-4-10)5-11-8/h7,9-10H,3-6H2,1-2H3. The van der Waals surface area contributed by atoms with E-state index in [1.807, 2.05) is 0 Å². The van der Waals surface area contributed by atoms with E-state index in [1.54, 1.807) is 0 Å². The Labute approximate surface area is 67.7 Å². The first-order chi connectivity index (χ1) is 5.14. The largest absolute Gasteiger partial charge is 0.396 e. The molecule has 1 unspecified atom stereocenters. The zero-order valence-corrected chi connectivity index (χ0v) is 7.26. The number of hydrogen-bond donors (Lipinski definition) is 2. The Hall–Kier alpha value is -0.120. The summed E-state index contributed by atoms with van der Waals surface area (Å²) in [4.78, 5) is 0. The molecule has 1 fully saturated rings. The van der Waals surface area contributed by atoms with Crippen LogP contribution in [0.2, 0.25) is 0 Å². The van der Waals surface area contributed by atoms with Crippen LogP contribution in [-0.4, -0.2) is 36.5 Å². The number of aliphatic hydroxyl groups excluding tert-OH is 1. The van der Waals surface area contributed by atoms with Crippen LogP contribution in [0.1, 0.15) is 20.3 Å². The van der Waals surface area contributed by atoms with Crippen LogP contribution in [0.25, 0.3) is 0 Å². The zero-order valence-electron chi connectivity index (χ0n) is 7.26. The third-order valence-electron chi connectivity index (χ3n) is 1.97. The molecule has 66 valence electrons. The summed E-state index contributed by atoms with van der Waals surface area (Å²) in [6.07, 6.45) is 0.788. The minimum absolute atomic E-state index is 0.0358. The van der Waals surface area contributed by atoms with Gasteiger partial charge in [-0.1, -0.05) is 0 Å². The molecule has 0 bridgehead atoms. The van der Waals surface area contributed by atoms with Crippen molar-refractivity contribution in [1.82, 2.24) is 5.32 Å². The monoisotopic (exact) mass is 159 g/mol. The molecule has 3 heteroatoms. The lowest BCUT2D eigenvalue weighted by atomic mass is 10.1. The topological polar surface area (TPSA) is 41.5 Å². The molecule has 1 saturated heterocycles. The van der Waals surface area contributed by atoms with Crippen molar-refractivity contribution in [2.24, 2.45) is 0 Å². The average Bonchev–Trinajstić information content (AvgIpc) is 1.94. The van der Waals surface area contributed by atoms with Gasteiger partial charge in [0.1, 0.15) is 0 Å². The molecule has 0 aliphatic carbocycles. The Kier molecular flexibility index (Phi) is 2.87. The maximum absolute atomic E-state index is 8.65. The summed E-state index contributed by atoms with van der Waals surface area (Å²) in [5.74, 6) is 0. The predicted molar refractivity (Wildman–Crippen MR) is 43.5 cm³/mol. The summed E-state index contributed by atoms with van der Waals surface area (Å²) in [6, 6.07) is 0.341. The highest BCUT2D eigenvalue weighted by molar-refractivity contribution is 4.81. The lowest BCUT2D eigenvalue weighted by Gasteiger charge is -2.35. The Morgan fingerprint density at radius 1 is 1.64 bits per heavy atom. The molecule has 1 aliphatic rings. The van der Waals surface area contributed by atoms with E-state index >= 15 is 0 Å². The first-order valence-corrected chi connectivity index (χ1v) is 4.12. The van der Waals surface area contributed by atoms with Gasteiger partial charge in [-0.2, -0.15) is 0 Å². The molecule has 2 N–H and O–H groups in total. The van der Waals surface area contributed by atoms with Gasteiger partial charge in [-0.25, -0.2) is 0 Å². The normalized spacial score (nSPS) is 30.3. The van der Waals surface area contributed by atoms with Crippen molar-refractivity contribution < 1.29 is 9.84 Å². The molecular formula is C8H17NO2. The van der Waals surface area contributed by atoms with E-state index in [4.69, 9.17) is 9.84 Å². The second-order valence-electron chi connectivity index (χ2n) is 3.66. The van der Waals surface area contributed by atoms with Gasteiger partial charge in [0.2, 0.25) is 0 Å². The van der Waals surface area contributed by atoms with Crippen LogP contribution in [0.3, 0.4) is 0 Å². The predicted octanol–water partition coefficient (Wildman–Crippen LogP) is 0.136. The second kappa shape index (κ2) is 3.52. The van der Waals surface area contributed by atoms with Crippen LogP contribution >= 0.6 is 0 Å². The van der Waals surface area contributed by atoms with E-state index < -0.39 is 0 Å². The van der Waals surface area contributed by atoms with Gasteiger partial charge in [-0.15, -0.1) is 0 Å². The molecule has 0 radical (unpaired) electrons. The fraction of sp³-hybridized carbons (Fsp3) is 1.00. The molecule has 1 aliphatic heterocycles. The van der Waals surface area contributed by atoms with Crippen LogP contribution in [0, 0.1) is 0 Å². The molecule has 1 heterocycles. The molecule has 3 nitrogen and oxygen atoms in total. The molecule has 0 saturated carbocycles. The Morgan fingerprint density at radius 2 is 2.36 bits per heavy atom. The van der Waals surface area contributed by atoms with Crippen molar-refractivity contribution in [3.63, 3.8) is 0 Å². The van der Waals surface area contributed by atoms with Gasteiger partial charge in [0, 0.05) is 19.2 Å². The molecule has 0 aromatic carbocycles. The van der Waals surface area contributed by atoms with E-state index in [0.29, 0.717) is 12.6 Å². The summed E-state index contributed by atoms with van der Waals surface area (Å²) >= 11 is 0. The van der Waals surface area contributed by atoms with Gasteiger partial charge >= 0.3 is 0 Å². The third kappa shape index (κ3) is 2.77. The minimum atomic E-state index is -0.0358. The van der Waals surface area contributed by atoms with Crippen LogP contribution < -0.4 is 5.32 Å². The molecule has 0 aromatic rings. The molecule has 1 atom stereocenters. The molecule has 0 spiro atoms. The third-order valence-corrected chi connectivity index (χ3v) is 1.97. The lowest BCUT2D eigenvalue weighted by Crippen LogP contribution is -2.51. The van der Waals surface area contributed by atoms with Crippen molar-refractivity contribution >= 4 is 0 Å². The molecular weight excluding hydrogens is 142 g/mol. The molecule has 0 aromatic heterocycles. The maximum Gasteiger partial charge on any atom is 0.0751 e. The fourth-order valence-electron chi connectivity index (χ4n) is 1.17. The molecule has 0 amide bonds. The van der Waals surface area contributed by atoms with E-state index in [1.165, 1.54) is 0 Å². The summed E-state index contributed by atoms with van der Waals surface area (Å²) in [5.41, 5.74) is -0.0358. The number of rotatable bonds is 2. The van der Waals surface area contributed by atoms with Crippen molar-refractivity contribution in [1.29, 1.82) is 0 Å². The first-order valence-electron chi connectivity index (χ1n) is 4.12. The first kappa shape index (κ1) is 8.97. The number of hydrogen-bond acceptors (Lipinski definition) is 3. The van der Waals surface area contributed by atoms with Crippen LogP contribution in [-0.2, 0) is 4.74 Å². The highest BCUT2D eigenvalue weighted by atomic mass is 16.5. The van der Waals surface area contributed by atoms with Gasteiger partial charge in [0.25, 0.3) is 0 Å². The second-order valence-corrected chi connectivity index (χ2v) is 3.66. The van der Waals surface area contributed by atoms with Gasteiger partial charge in [-0.3, -0.25) is 0 Å². The van der Waals surface area contributed by atoms with Crippen molar-refractivity contribution in [3.05, 3.63) is 0 Å². The van der Waals surface area contributed by atoms with Crippen molar-refractivity contribution in [2.75, 3.05) is 19.8 Å². The number of ether oxygens (including phenoxy) is 1. The number of morpholine rings is 1. The molecule has 1 rings (SSSR count). The SMILES string of the molecule is CC1(C)CNC(CCO)CO1. The van der Waals surface area contributed by atoms with Crippen LogP contribution in [0.4, 0.5) is 0 Å². The van der Waals surface area contributed by atoms with Crippen LogP contribution in [0.5, 0.6) is 0 Å². The summed E-state index contributed by atoms with van der Waals surface area (Å²) in [6.45, 7) is 5.96. The van der Waals surface area contributed by atoms with Gasteiger partial charge in [-0.05, 0) is 20.3 Å². The highest BCUT2D eigenvalue weighted by Gasteiger charge is 2.26. The van der Waals surface area contributed by atoms with Gasteiger partial charge in [0.15, 0.2) is 0 Å². The Bertz CT molecular complexity index is 115. The van der Waals surface area contributed by atoms with E-state index in [2.05, 4.69) is 19.2 Å². The summed E-state index contributed by atoms with van der Waals surface area (Å²) in [5, 5.41) is 12.0. The minimum Gasteiger partial charge on any atom is -0.396 e. The number of nitrogens with one attached hydrogen (secondary N) is 1. The summed E-state index contributed by atoms with van der Waals surface area (Å²) < 4.78 is 5.56. The highest BCUT2D eigenvalue weighted by Crippen LogP contribution is 2.13. The van der Waals surface area contributed by atoms with Gasteiger partial charge in [0.05, 0.1) is 12.2 Å². The Balaban J connectivity index is 2.25.